The van der Waals surface area contributed by atoms with Gasteiger partial charge in [0.1, 0.15) is 11.5 Å². The van der Waals surface area contributed by atoms with Gasteiger partial charge in [-0.15, -0.1) is 0 Å². The van der Waals surface area contributed by atoms with Gasteiger partial charge in [0, 0.05) is 41.2 Å². The van der Waals surface area contributed by atoms with Gasteiger partial charge in [0.15, 0.2) is 5.60 Å². The van der Waals surface area contributed by atoms with Gasteiger partial charge in [-0.25, -0.2) is 4.79 Å². The number of nitrogens with zero attached hydrogens (tertiary/aromatic N) is 1. The van der Waals surface area contributed by atoms with E-state index >= 15 is 0 Å². The van der Waals surface area contributed by atoms with Crippen molar-refractivity contribution in [2.75, 3.05) is 23.3 Å². The van der Waals surface area contributed by atoms with Crippen LogP contribution >= 0.6 is 11.6 Å². The number of unbranched alkanes of at least 4 members (excludes halogenated alkanes) is 4. The minimum atomic E-state index is -1.09. The predicted molar refractivity (Wildman–Crippen MR) is 171 cm³/mol. The second kappa shape index (κ2) is 12.1. The average Bonchev–Trinajstić information content (AvgIpc) is 3.31. The summed E-state index contributed by atoms with van der Waals surface area (Å²) in [5, 5.41) is 4.36. The molecular formula is C36H37ClN2O3. The zero-order valence-corrected chi connectivity index (χ0v) is 25.0. The molecule has 216 valence electrons. The van der Waals surface area contributed by atoms with Crippen LogP contribution < -0.4 is 15.0 Å². The lowest BCUT2D eigenvalue weighted by atomic mass is 9.77. The van der Waals surface area contributed by atoms with Crippen molar-refractivity contribution in [3.63, 3.8) is 0 Å². The van der Waals surface area contributed by atoms with Crippen LogP contribution in [0.5, 0.6) is 11.5 Å². The molecule has 1 unspecified atom stereocenters. The molecule has 0 fully saturated rings. The number of halogens is 1. The van der Waals surface area contributed by atoms with Gasteiger partial charge < -0.3 is 19.7 Å². The molecule has 6 rings (SSSR count). The topological polar surface area (TPSA) is 50.8 Å². The zero-order chi connectivity index (χ0) is 29.1. The highest BCUT2D eigenvalue weighted by atomic mass is 35.5. The summed E-state index contributed by atoms with van der Waals surface area (Å²) in [7, 11) is 0. The number of esters is 1. The summed E-state index contributed by atoms with van der Waals surface area (Å²) in [6.45, 7) is 6.44. The first kappa shape index (κ1) is 28.2. The SMILES string of the molecule is CCCCCN(CCCCC)c1cc(Nc2ccc3c(c2)C2(OC(=O)c4ccccc42)c2ccccc2O3)ccc1Cl. The highest BCUT2D eigenvalue weighted by molar-refractivity contribution is 6.33. The average molecular weight is 581 g/mol. The van der Waals surface area contributed by atoms with Crippen LogP contribution in [0.2, 0.25) is 5.02 Å². The van der Waals surface area contributed by atoms with Gasteiger partial charge in [0.2, 0.25) is 0 Å². The lowest BCUT2D eigenvalue weighted by Crippen LogP contribution is -2.33. The Morgan fingerprint density at radius 3 is 2.14 bits per heavy atom. The van der Waals surface area contributed by atoms with Gasteiger partial charge in [-0.1, -0.05) is 87.5 Å². The Morgan fingerprint density at radius 2 is 1.38 bits per heavy atom. The summed E-state index contributed by atoms with van der Waals surface area (Å²) in [5.41, 5.74) is 4.79. The van der Waals surface area contributed by atoms with Crippen molar-refractivity contribution < 1.29 is 14.3 Å². The Morgan fingerprint density at radius 1 is 0.738 bits per heavy atom. The molecule has 0 amide bonds. The number of ether oxygens (including phenoxy) is 2. The number of hydrogen-bond donors (Lipinski definition) is 1. The van der Waals surface area contributed by atoms with Gasteiger partial charge in [-0.3, -0.25) is 0 Å². The maximum absolute atomic E-state index is 13.2. The first-order chi connectivity index (χ1) is 20.5. The Kier molecular flexibility index (Phi) is 8.12. The van der Waals surface area contributed by atoms with Crippen LogP contribution in [0, 0.1) is 0 Å². The predicted octanol–water partition coefficient (Wildman–Crippen LogP) is 9.84. The molecule has 0 radical (unpaired) electrons. The van der Waals surface area contributed by atoms with Crippen LogP contribution in [0.25, 0.3) is 0 Å². The Labute approximate surface area is 253 Å². The molecule has 1 atom stereocenters. The van der Waals surface area contributed by atoms with Crippen molar-refractivity contribution in [2.24, 2.45) is 0 Å². The number of para-hydroxylation sites is 1. The number of rotatable bonds is 11. The third-order valence-corrected chi connectivity index (χ3v) is 8.58. The summed E-state index contributed by atoms with van der Waals surface area (Å²) in [4.78, 5) is 15.6. The van der Waals surface area contributed by atoms with E-state index in [1.54, 1.807) is 0 Å². The fraction of sp³-hybridized carbons (Fsp3) is 0.306. The molecule has 4 aromatic rings. The molecular weight excluding hydrogens is 544 g/mol. The van der Waals surface area contributed by atoms with Crippen molar-refractivity contribution in [1.82, 2.24) is 0 Å². The van der Waals surface area contributed by atoms with Crippen LogP contribution in [-0.2, 0) is 10.3 Å². The minimum Gasteiger partial charge on any atom is -0.456 e. The molecule has 0 aliphatic carbocycles. The Hall–Kier alpha value is -3.96. The first-order valence-electron chi connectivity index (χ1n) is 15.1. The molecule has 2 heterocycles. The van der Waals surface area contributed by atoms with E-state index in [4.69, 9.17) is 21.1 Å². The lowest BCUT2D eigenvalue weighted by molar-refractivity contribution is 0.0224. The molecule has 0 bridgehead atoms. The van der Waals surface area contributed by atoms with Gasteiger partial charge >= 0.3 is 5.97 Å². The Bertz CT molecular complexity index is 1590. The van der Waals surface area contributed by atoms with E-state index in [0.717, 1.165) is 64.7 Å². The van der Waals surface area contributed by atoms with Crippen molar-refractivity contribution in [2.45, 2.75) is 58.0 Å². The zero-order valence-electron chi connectivity index (χ0n) is 24.3. The van der Waals surface area contributed by atoms with Crippen molar-refractivity contribution in [1.29, 1.82) is 0 Å². The van der Waals surface area contributed by atoms with Crippen LogP contribution in [-0.4, -0.2) is 19.1 Å². The van der Waals surface area contributed by atoms with Crippen LogP contribution in [0.15, 0.2) is 84.9 Å². The summed E-state index contributed by atoms with van der Waals surface area (Å²) in [6, 6.07) is 27.5. The third-order valence-electron chi connectivity index (χ3n) is 8.26. The molecule has 1 spiro atoms. The minimum absolute atomic E-state index is 0.333. The summed E-state index contributed by atoms with van der Waals surface area (Å²) in [6.07, 6.45) is 7.07. The highest BCUT2D eigenvalue weighted by Crippen LogP contribution is 2.56. The summed E-state index contributed by atoms with van der Waals surface area (Å²) in [5.74, 6) is 1.02. The van der Waals surface area contributed by atoms with Gasteiger partial charge in [0.05, 0.1) is 16.3 Å². The van der Waals surface area contributed by atoms with Crippen molar-refractivity contribution >= 4 is 34.6 Å². The van der Waals surface area contributed by atoms with Crippen LogP contribution in [0.1, 0.15) is 79.4 Å². The van der Waals surface area contributed by atoms with Crippen LogP contribution in [0.3, 0.4) is 0 Å². The van der Waals surface area contributed by atoms with Gasteiger partial charge in [0.25, 0.3) is 0 Å². The van der Waals surface area contributed by atoms with E-state index in [2.05, 4.69) is 30.1 Å². The van der Waals surface area contributed by atoms with Gasteiger partial charge in [-0.05, 0) is 61.4 Å². The molecule has 0 saturated heterocycles. The van der Waals surface area contributed by atoms with Gasteiger partial charge in [-0.2, -0.15) is 0 Å². The van der Waals surface area contributed by atoms with Crippen LogP contribution in [0.4, 0.5) is 17.1 Å². The molecule has 1 N–H and O–H groups in total. The Balaban J connectivity index is 1.36. The molecule has 0 saturated carbocycles. The largest absolute Gasteiger partial charge is 0.456 e. The number of benzene rings is 4. The first-order valence-corrected chi connectivity index (χ1v) is 15.5. The molecule has 2 aliphatic heterocycles. The van der Waals surface area contributed by atoms with E-state index in [1.807, 2.05) is 78.9 Å². The maximum atomic E-state index is 13.2. The molecule has 6 heteroatoms. The van der Waals surface area contributed by atoms with E-state index in [9.17, 15) is 4.79 Å². The monoisotopic (exact) mass is 580 g/mol. The fourth-order valence-corrected chi connectivity index (χ4v) is 6.39. The molecule has 42 heavy (non-hydrogen) atoms. The molecule has 0 aromatic heterocycles. The number of hydrogen-bond acceptors (Lipinski definition) is 5. The lowest BCUT2D eigenvalue weighted by Gasteiger charge is -2.36. The van der Waals surface area contributed by atoms with E-state index in [1.165, 1.54) is 25.7 Å². The number of nitrogens with one attached hydrogen (secondary N) is 1. The normalized spacial score (nSPS) is 16.3. The smallest absolute Gasteiger partial charge is 0.340 e. The van der Waals surface area contributed by atoms with Crippen molar-refractivity contribution in [3.8, 4) is 11.5 Å². The van der Waals surface area contributed by atoms with E-state index in [-0.39, 0.29) is 5.97 Å². The fourth-order valence-electron chi connectivity index (χ4n) is 6.16. The second-order valence-electron chi connectivity index (χ2n) is 11.1. The second-order valence-corrected chi connectivity index (χ2v) is 11.5. The number of anilines is 3. The molecule has 5 nitrogen and oxygen atoms in total. The molecule has 2 aliphatic rings. The number of fused-ring (bicyclic) bond motifs is 6. The number of carbonyl (C=O) groups excluding carboxylic acids is 1. The third kappa shape index (κ3) is 5.11. The van der Waals surface area contributed by atoms with Crippen molar-refractivity contribution in [3.05, 3.63) is 112 Å². The number of carbonyl (C=O) groups is 1. The van der Waals surface area contributed by atoms with E-state index in [0.29, 0.717) is 17.1 Å². The molecule has 4 aromatic carbocycles. The quantitative estimate of drug-likeness (QED) is 0.141. The summed E-state index contributed by atoms with van der Waals surface area (Å²) < 4.78 is 12.6. The highest BCUT2D eigenvalue weighted by Gasteiger charge is 2.53. The summed E-state index contributed by atoms with van der Waals surface area (Å²) >= 11 is 6.77. The standard InChI is InChI=1S/C36H37ClN2O3/c1-3-5-11-21-39(22-12-6-4-2)32-24-26(17-19-31(32)37)38-25-18-20-34-30(23-25)36(29-15-9-10-16-33(29)41-34)28-14-8-7-13-27(28)35(40)42-36/h7-10,13-20,23-24,38H,3-6,11-12,21-22H2,1-2H3. The van der Waals surface area contributed by atoms with E-state index < -0.39 is 5.60 Å². The maximum Gasteiger partial charge on any atom is 0.340 e.